The number of halogens is 1. The molecular formula is C24H39IN6. The minimum Gasteiger partial charge on any atom is -0.352 e. The first-order valence-electron chi connectivity index (χ1n) is 11.1. The highest BCUT2D eigenvalue weighted by Gasteiger charge is 2.22. The number of guanidine groups is 1. The Hall–Kier alpha value is -1.61. The molecule has 2 N–H and O–H groups in total. The lowest BCUT2D eigenvalue weighted by Crippen LogP contribution is -2.39. The van der Waals surface area contributed by atoms with Crippen molar-refractivity contribution in [1.82, 2.24) is 25.3 Å². The minimum absolute atomic E-state index is 0. The van der Waals surface area contributed by atoms with E-state index in [1.54, 1.807) is 0 Å². The Morgan fingerprint density at radius 1 is 1.06 bits per heavy atom. The molecule has 1 fully saturated rings. The average molecular weight is 539 g/mol. The van der Waals surface area contributed by atoms with Gasteiger partial charge in [-0.15, -0.1) is 24.0 Å². The van der Waals surface area contributed by atoms with Gasteiger partial charge in [0.2, 0.25) is 0 Å². The Labute approximate surface area is 204 Å². The summed E-state index contributed by atoms with van der Waals surface area (Å²) in [4.78, 5) is 7.02. The van der Waals surface area contributed by atoms with Crippen LogP contribution in [0.25, 0.3) is 0 Å². The van der Waals surface area contributed by atoms with Gasteiger partial charge in [0, 0.05) is 58.1 Å². The normalized spacial score (nSPS) is 19.7. The Kier molecular flexibility index (Phi) is 9.81. The molecule has 1 aromatic heterocycles. The van der Waals surface area contributed by atoms with Crippen LogP contribution in [0.5, 0.6) is 0 Å². The minimum atomic E-state index is 0. The molecule has 31 heavy (non-hydrogen) atoms. The number of likely N-dealkylation sites (tertiary alicyclic amines) is 1. The molecule has 172 valence electrons. The molecule has 3 rings (SSSR count). The van der Waals surface area contributed by atoms with E-state index in [1.165, 1.54) is 41.9 Å². The summed E-state index contributed by atoms with van der Waals surface area (Å²) in [5, 5.41) is 11.4. The van der Waals surface area contributed by atoms with Crippen molar-refractivity contribution in [1.29, 1.82) is 0 Å². The molecule has 1 saturated heterocycles. The number of hydrogen-bond donors (Lipinski definition) is 2. The molecule has 2 atom stereocenters. The Morgan fingerprint density at radius 2 is 1.68 bits per heavy atom. The van der Waals surface area contributed by atoms with Crippen LogP contribution in [0.4, 0.5) is 0 Å². The van der Waals surface area contributed by atoms with Gasteiger partial charge in [-0.1, -0.05) is 38.1 Å². The molecule has 0 radical (unpaired) electrons. The monoisotopic (exact) mass is 538 g/mol. The summed E-state index contributed by atoms with van der Waals surface area (Å²) in [5.74, 6) is 2.37. The Bertz CT molecular complexity index is 865. The van der Waals surface area contributed by atoms with Crippen molar-refractivity contribution in [3.8, 4) is 0 Å². The highest BCUT2D eigenvalue weighted by molar-refractivity contribution is 14.0. The third-order valence-corrected chi connectivity index (χ3v) is 6.22. The van der Waals surface area contributed by atoms with E-state index in [2.05, 4.69) is 77.6 Å². The van der Waals surface area contributed by atoms with Gasteiger partial charge < -0.3 is 10.6 Å². The Balaban J connectivity index is 0.00000341. The summed E-state index contributed by atoms with van der Waals surface area (Å²) in [6.07, 6.45) is 1.34. The average Bonchev–Trinajstić information content (AvgIpc) is 2.94. The van der Waals surface area contributed by atoms with Gasteiger partial charge in [-0.2, -0.15) is 5.10 Å². The molecule has 2 aromatic rings. The predicted molar refractivity (Wildman–Crippen MR) is 140 cm³/mol. The van der Waals surface area contributed by atoms with Gasteiger partial charge in [-0.25, -0.2) is 0 Å². The summed E-state index contributed by atoms with van der Waals surface area (Å²) >= 11 is 0. The molecule has 1 aromatic carbocycles. The van der Waals surface area contributed by atoms with Gasteiger partial charge in [0.1, 0.15) is 0 Å². The van der Waals surface area contributed by atoms with Crippen molar-refractivity contribution in [2.75, 3.05) is 20.1 Å². The molecule has 2 unspecified atom stereocenters. The van der Waals surface area contributed by atoms with Crippen LogP contribution >= 0.6 is 24.0 Å². The lowest BCUT2D eigenvalue weighted by molar-refractivity contribution is 0.134. The van der Waals surface area contributed by atoms with Crippen molar-refractivity contribution in [3.05, 3.63) is 52.3 Å². The van der Waals surface area contributed by atoms with Crippen LogP contribution in [0.15, 0.2) is 29.3 Å². The van der Waals surface area contributed by atoms with Crippen molar-refractivity contribution >= 4 is 29.9 Å². The lowest BCUT2D eigenvalue weighted by atomic mass is 9.91. The van der Waals surface area contributed by atoms with E-state index in [1.807, 2.05) is 18.8 Å². The number of hydrogen-bond acceptors (Lipinski definition) is 3. The van der Waals surface area contributed by atoms with E-state index in [0.717, 1.165) is 43.1 Å². The second kappa shape index (κ2) is 11.9. The van der Waals surface area contributed by atoms with Crippen LogP contribution in [0.1, 0.15) is 48.3 Å². The van der Waals surface area contributed by atoms with Gasteiger partial charge in [0.15, 0.2) is 5.96 Å². The number of nitrogens with zero attached hydrogens (tertiary/aromatic N) is 4. The van der Waals surface area contributed by atoms with E-state index < -0.39 is 0 Å². The second-order valence-electron chi connectivity index (χ2n) is 8.96. The van der Waals surface area contributed by atoms with Crippen LogP contribution in [0.2, 0.25) is 0 Å². The molecule has 1 aliphatic heterocycles. The summed E-state index contributed by atoms with van der Waals surface area (Å²) in [5.41, 5.74) is 6.22. The van der Waals surface area contributed by atoms with Gasteiger partial charge in [-0.3, -0.25) is 14.6 Å². The maximum atomic E-state index is 4.50. The standard InChI is InChI=1S/C24H38N6.HI/c1-17-11-18(2)15-30(14-17)16-22-10-8-7-9-21(22)12-26-24(25-5)27-13-23-19(3)28-29(6)20(23)4;/h7-10,17-18H,11-16H2,1-6H3,(H2,25,26,27);1H. The molecule has 6 nitrogen and oxygen atoms in total. The number of nitrogens with one attached hydrogen (secondary N) is 2. The van der Waals surface area contributed by atoms with Crippen LogP contribution in [-0.4, -0.2) is 40.8 Å². The van der Waals surface area contributed by atoms with Crippen molar-refractivity contribution in [2.24, 2.45) is 23.9 Å². The first-order chi connectivity index (χ1) is 14.4. The molecule has 2 heterocycles. The summed E-state index contributed by atoms with van der Waals surface area (Å²) in [6, 6.07) is 8.76. The van der Waals surface area contributed by atoms with Gasteiger partial charge in [-0.05, 0) is 43.2 Å². The SMILES string of the molecule is CN=C(NCc1ccccc1CN1CC(C)CC(C)C1)NCc1c(C)nn(C)c1C.I. The summed E-state index contributed by atoms with van der Waals surface area (Å²) in [6.45, 7) is 13.8. The molecule has 0 spiro atoms. The quantitative estimate of drug-likeness (QED) is 0.332. The molecule has 0 saturated carbocycles. The first-order valence-corrected chi connectivity index (χ1v) is 11.1. The number of aromatic nitrogens is 2. The highest BCUT2D eigenvalue weighted by atomic mass is 127. The summed E-state index contributed by atoms with van der Waals surface area (Å²) in [7, 11) is 3.81. The fourth-order valence-electron chi connectivity index (χ4n) is 4.69. The predicted octanol–water partition coefficient (Wildman–Crippen LogP) is 4.00. The van der Waals surface area contributed by atoms with Gasteiger partial charge in [0.05, 0.1) is 5.69 Å². The number of piperidine rings is 1. The molecular weight excluding hydrogens is 499 g/mol. The van der Waals surface area contributed by atoms with Crippen molar-refractivity contribution in [3.63, 3.8) is 0 Å². The van der Waals surface area contributed by atoms with Crippen LogP contribution in [0, 0.1) is 25.7 Å². The number of rotatable bonds is 6. The fourth-order valence-corrected chi connectivity index (χ4v) is 4.69. The van der Waals surface area contributed by atoms with Gasteiger partial charge >= 0.3 is 0 Å². The number of benzene rings is 1. The maximum Gasteiger partial charge on any atom is 0.191 e. The second-order valence-corrected chi connectivity index (χ2v) is 8.96. The maximum absolute atomic E-state index is 4.50. The van der Waals surface area contributed by atoms with Crippen molar-refractivity contribution < 1.29 is 0 Å². The third kappa shape index (κ3) is 6.94. The zero-order chi connectivity index (χ0) is 21.7. The van der Waals surface area contributed by atoms with Crippen LogP contribution < -0.4 is 10.6 Å². The zero-order valence-corrected chi connectivity index (χ0v) is 22.2. The van der Waals surface area contributed by atoms with E-state index in [9.17, 15) is 0 Å². The van der Waals surface area contributed by atoms with Crippen LogP contribution in [-0.2, 0) is 26.7 Å². The molecule has 7 heteroatoms. The topological polar surface area (TPSA) is 57.5 Å². The van der Waals surface area contributed by atoms with E-state index in [0.29, 0.717) is 0 Å². The van der Waals surface area contributed by atoms with Gasteiger partial charge in [0.25, 0.3) is 0 Å². The Morgan fingerprint density at radius 3 is 2.26 bits per heavy atom. The molecule has 1 aliphatic rings. The zero-order valence-electron chi connectivity index (χ0n) is 19.9. The number of aryl methyl sites for hydroxylation is 2. The van der Waals surface area contributed by atoms with Crippen molar-refractivity contribution in [2.45, 2.75) is 53.8 Å². The highest BCUT2D eigenvalue weighted by Crippen LogP contribution is 2.23. The van der Waals surface area contributed by atoms with E-state index in [4.69, 9.17) is 0 Å². The first kappa shape index (κ1) is 25.6. The van der Waals surface area contributed by atoms with E-state index >= 15 is 0 Å². The molecule has 0 bridgehead atoms. The summed E-state index contributed by atoms with van der Waals surface area (Å²) < 4.78 is 1.93. The molecule has 0 aliphatic carbocycles. The lowest BCUT2D eigenvalue weighted by Gasteiger charge is -2.35. The largest absolute Gasteiger partial charge is 0.352 e. The van der Waals surface area contributed by atoms with E-state index in [-0.39, 0.29) is 24.0 Å². The fraction of sp³-hybridized carbons (Fsp3) is 0.583. The van der Waals surface area contributed by atoms with Crippen LogP contribution in [0.3, 0.4) is 0 Å². The smallest absolute Gasteiger partial charge is 0.191 e. The number of aliphatic imine (C=N–C) groups is 1. The molecule has 0 amide bonds. The third-order valence-electron chi connectivity index (χ3n) is 6.22.